The summed E-state index contributed by atoms with van der Waals surface area (Å²) in [4.78, 5) is 17.6. The molecule has 0 aliphatic carbocycles. The van der Waals surface area contributed by atoms with Crippen LogP contribution in [-0.2, 0) is 11.2 Å². The van der Waals surface area contributed by atoms with Crippen LogP contribution in [0.5, 0.6) is 0 Å². The number of amides is 1. The SMILES string of the molecule is O=C(OC1CN2CCC1CC2)N1CCc2ccccc2[C@@H]1c1ccccc1. The number of carbonyl (C=O) groups is 1. The molecule has 3 saturated heterocycles. The number of carbonyl (C=O) groups excluding carboxylic acids is 1. The minimum atomic E-state index is -0.155. The number of benzene rings is 2. The molecule has 1 unspecified atom stereocenters. The second kappa shape index (κ2) is 7.01. The molecule has 0 radical (unpaired) electrons. The molecule has 0 saturated carbocycles. The van der Waals surface area contributed by atoms with Crippen LogP contribution in [0.1, 0.15) is 35.6 Å². The van der Waals surface area contributed by atoms with Crippen molar-refractivity contribution in [2.24, 2.45) is 5.92 Å². The van der Waals surface area contributed by atoms with Gasteiger partial charge in [0, 0.05) is 13.1 Å². The van der Waals surface area contributed by atoms with E-state index in [0.717, 1.165) is 44.5 Å². The molecule has 4 aliphatic heterocycles. The standard InChI is InChI=1S/C23H26N2O2/c26-23(27-21-16-24-13-10-18(21)11-14-24)25-15-12-17-6-4-5-9-20(17)22(25)19-7-2-1-3-8-19/h1-9,18,21-22H,10-16H2/t21?,22-/m0/s1. The fourth-order valence-corrected chi connectivity index (χ4v) is 5.00. The van der Waals surface area contributed by atoms with Crippen LogP contribution in [0.2, 0.25) is 0 Å². The third-order valence-electron chi connectivity index (χ3n) is 6.48. The second-order valence-electron chi connectivity index (χ2n) is 8.02. The molecule has 2 aromatic carbocycles. The van der Waals surface area contributed by atoms with Crippen LogP contribution >= 0.6 is 0 Å². The highest BCUT2D eigenvalue weighted by Gasteiger charge is 2.39. The zero-order chi connectivity index (χ0) is 18.2. The minimum Gasteiger partial charge on any atom is -0.444 e. The van der Waals surface area contributed by atoms with Crippen molar-refractivity contribution < 1.29 is 9.53 Å². The number of fused-ring (bicyclic) bond motifs is 4. The summed E-state index contributed by atoms with van der Waals surface area (Å²) in [6.07, 6.45) is 3.09. The van der Waals surface area contributed by atoms with Gasteiger partial charge < -0.3 is 4.74 Å². The van der Waals surface area contributed by atoms with Crippen molar-refractivity contribution in [1.29, 1.82) is 0 Å². The highest BCUT2D eigenvalue weighted by atomic mass is 16.6. The Hall–Kier alpha value is -2.33. The summed E-state index contributed by atoms with van der Waals surface area (Å²) in [5.74, 6) is 0.534. The lowest BCUT2D eigenvalue weighted by molar-refractivity contribution is -0.0462. The number of piperidine rings is 3. The van der Waals surface area contributed by atoms with Crippen molar-refractivity contribution in [3.63, 3.8) is 0 Å². The van der Waals surface area contributed by atoms with Gasteiger partial charge >= 0.3 is 6.09 Å². The molecule has 27 heavy (non-hydrogen) atoms. The first kappa shape index (κ1) is 16.8. The summed E-state index contributed by atoms with van der Waals surface area (Å²) >= 11 is 0. The predicted molar refractivity (Wildman–Crippen MR) is 105 cm³/mol. The largest absolute Gasteiger partial charge is 0.444 e. The first-order valence-electron chi connectivity index (χ1n) is 10.1. The van der Waals surface area contributed by atoms with E-state index in [1.54, 1.807) is 0 Å². The topological polar surface area (TPSA) is 32.8 Å². The average molecular weight is 362 g/mol. The summed E-state index contributed by atoms with van der Waals surface area (Å²) in [6.45, 7) is 3.91. The Morgan fingerprint density at radius 3 is 2.41 bits per heavy atom. The minimum absolute atomic E-state index is 0.0496. The summed E-state index contributed by atoms with van der Waals surface area (Å²) in [5, 5.41) is 0. The van der Waals surface area contributed by atoms with Gasteiger partial charge in [0.2, 0.25) is 0 Å². The first-order valence-corrected chi connectivity index (χ1v) is 10.1. The molecule has 0 N–H and O–H groups in total. The summed E-state index contributed by atoms with van der Waals surface area (Å²) in [5.41, 5.74) is 3.70. The fourth-order valence-electron chi connectivity index (χ4n) is 5.00. The van der Waals surface area contributed by atoms with E-state index in [4.69, 9.17) is 4.74 Å². The van der Waals surface area contributed by atoms with Crippen LogP contribution in [0, 0.1) is 5.92 Å². The molecule has 6 rings (SSSR count). The Morgan fingerprint density at radius 1 is 0.926 bits per heavy atom. The molecule has 2 bridgehead atoms. The highest BCUT2D eigenvalue weighted by Crippen LogP contribution is 2.36. The Labute approximate surface area is 160 Å². The quantitative estimate of drug-likeness (QED) is 0.813. The van der Waals surface area contributed by atoms with E-state index >= 15 is 0 Å². The molecule has 140 valence electrons. The number of hydrogen-bond acceptors (Lipinski definition) is 3. The van der Waals surface area contributed by atoms with Crippen molar-refractivity contribution in [3.8, 4) is 0 Å². The Bertz CT molecular complexity index is 814. The highest BCUT2D eigenvalue weighted by molar-refractivity contribution is 5.70. The van der Waals surface area contributed by atoms with Crippen molar-refractivity contribution in [2.75, 3.05) is 26.2 Å². The maximum absolute atomic E-state index is 13.2. The first-order chi connectivity index (χ1) is 13.3. The smallest absolute Gasteiger partial charge is 0.410 e. The molecule has 0 aromatic heterocycles. The van der Waals surface area contributed by atoms with Crippen molar-refractivity contribution in [2.45, 2.75) is 31.4 Å². The van der Waals surface area contributed by atoms with Gasteiger partial charge in [-0.25, -0.2) is 4.79 Å². The van der Waals surface area contributed by atoms with E-state index in [1.165, 1.54) is 11.1 Å². The molecular weight excluding hydrogens is 336 g/mol. The molecule has 3 fully saturated rings. The van der Waals surface area contributed by atoms with Crippen LogP contribution in [0.25, 0.3) is 0 Å². The maximum Gasteiger partial charge on any atom is 0.410 e. The molecule has 4 nitrogen and oxygen atoms in total. The third-order valence-corrected chi connectivity index (χ3v) is 6.48. The molecule has 2 aromatic rings. The molecule has 1 amide bonds. The summed E-state index contributed by atoms with van der Waals surface area (Å²) in [6, 6.07) is 18.8. The summed E-state index contributed by atoms with van der Waals surface area (Å²) in [7, 11) is 0. The zero-order valence-corrected chi connectivity index (χ0v) is 15.6. The van der Waals surface area contributed by atoms with Gasteiger partial charge in [-0.2, -0.15) is 0 Å². The predicted octanol–water partition coefficient (Wildman–Crippen LogP) is 3.86. The van der Waals surface area contributed by atoms with E-state index in [0.29, 0.717) is 12.5 Å². The molecular formula is C23H26N2O2. The van der Waals surface area contributed by atoms with Gasteiger partial charge in [-0.1, -0.05) is 54.6 Å². The van der Waals surface area contributed by atoms with Crippen molar-refractivity contribution in [3.05, 3.63) is 71.3 Å². The van der Waals surface area contributed by atoms with E-state index in [1.807, 2.05) is 23.1 Å². The lowest BCUT2D eigenvalue weighted by Gasteiger charge is -2.45. The lowest BCUT2D eigenvalue weighted by atomic mass is 9.86. The van der Waals surface area contributed by atoms with Gasteiger partial charge in [0.25, 0.3) is 0 Å². The van der Waals surface area contributed by atoms with Crippen LogP contribution in [0.15, 0.2) is 54.6 Å². The fraction of sp³-hybridized carbons (Fsp3) is 0.435. The van der Waals surface area contributed by atoms with Gasteiger partial charge in [0.1, 0.15) is 6.10 Å². The normalized spacial score (nSPS) is 29.3. The van der Waals surface area contributed by atoms with E-state index in [-0.39, 0.29) is 18.2 Å². The Kier molecular flexibility index (Phi) is 4.36. The maximum atomic E-state index is 13.2. The Balaban J connectivity index is 1.43. The molecule has 4 heteroatoms. The number of ether oxygens (including phenoxy) is 1. The van der Waals surface area contributed by atoms with E-state index < -0.39 is 0 Å². The average Bonchev–Trinajstić information content (AvgIpc) is 2.74. The summed E-state index contributed by atoms with van der Waals surface area (Å²) < 4.78 is 6.08. The van der Waals surface area contributed by atoms with Gasteiger partial charge in [-0.15, -0.1) is 0 Å². The van der Waals surface area contributed by atoms with Crippen LogP contribution < -0.4 is 0 Å². The number of hydrogen-bond donors (Lipinski definition) is 0. The van der Waals surface area contributed by atoms with Crippen LogP contribution in [-0.4, -0.2) is 48.2 Å². The Morgan fingerprint density at radius 2 is 1.67 bits per heavy atom. The monoisotopic (exact) mass is 362 g/mol. The molecule has 0 spiro atoms. The van der Waals surface area contributed by atoms with Gasteiger partial charge in [-0.3, -0.25) is 9.80 Å². The molecule has 2 atom stereocenters. The van der Waals surface area contributed by atoms with Crippen molar-refractivity contribution in [1.82, 2.24) is 9.80 Å². The third kappa shape index (κ3) is 3.12. The van der Waals surface area contributed by atoms with Gasteiger partial charge in [0.15, 0.2) is 0 Å². The number of rotatable bonds is 2. The molecule has 4 aliphatic rings. The van der Waals surface area contributed by atoms with E-state index in [2.05, 4.69) is 41.3 Å². The number of nitrogens with zero attached hydrogens (tertiary/aromatic N) is 2. The van der Waals surface area contributed by atoms with E-state index in [9.17, 15) is 4.79 Å². The lowest BCUT2D eigenvalue weighted by Crippen LogP contribution is -2.53. The second-order valence-corrected chi connectivity index (χ2v) is 8.02. The van der Waals surface area contributed by atoms with Crippen molar-refractivity contribution >= 4 is 6.09 Å². The van der Waals surface area contributed by atoms with Gasteiger partial charge in [-0.05, 0) is 55.0 Å². The van der Waals surface area contributed by atoms with Gasteiger partial charge in [0.05, 0.1) is 6.04 Å². The molecule has 4 heterocycles. The van der Waals surface area contributed by atoms with Crippen LogP contribution in [0.4, 0.5) is 4.79 Å². The van der Waals surface area contributed by atoms with Crippen LogP contribution in [0.3, 0.4) is 0 Å². The zero-order valence-electron chi connectivity index (χ0n) is 15.6.